The number of hydrogen-bond donors (Lipinski definition) is 4. The molecule has 0 aromatic heterocycles. The summed E-state index contributed by atoms with van der Waals surface area (Å²) in [6.45, 7) is 3.87. The number of carbonyl (C=O) groups is 3. The third kappa shape index (κ3) is 17.8. The van der Waals surface area contributed by atoms with Gasteiger partial charge in [-0.1, -0.05) is 103 Å². The van der Waals surface area contributed by atoms with Crippen LogP contribution in [0.4, 0.5) is 5.69 Å². The van der Waals surface area contributed by atoms with Crippen LogP contribution in [0, 0.1) is 5.92 Å². The van der Waals surface area contributed by atoms with E-state index >= 15 is 0 Å². The number of ether oxygens (including phenoxy) is 2. The summed E-state index contributed by atoms with van der Waals surface area (Å²) in [5, 5.41) is 12.1. The SMILES string of the molecule is CCCCCCCCCCCCNC(=O)CCCOc1ccc(NC(NC(=O)CCC2CCCC2)C(=O)NCCc2ccc(OC)cc2)cc1. The maximum Gasteiger partial charge on any atom is 0.263 e. The van der Waals surface area contributed by atoms with E-state index in [0.29, 0.717) is 56.2 Å². The molecule has 278 valence electrons. The van der Waals surface area contributed by atoms with Crippen LogP contribution in [0.2, 0.25) is 0 Å². The fourth-order valence-electron chi connectivity index (χ4n) is 6.42. The average molecular weight is 693 g/mol. The zero-order valence-corrected chi connectivity index (χ0v) is 30.9. The van der Waals surface area contributed by atoms with Crippen molar-refractivity contribution in [3.05, 3.63) is 54.1 Å². The van der Waals surface area contributed by atoms with E-state index in [-0.39, 0.29) is 17.7 Å². The first-order valence-corrected chi connectivity index (χ1v) is 19.4. The van der Waals surface area contributed by atoms with Gasteiger partial charge in [0.15, 0.2) is 6.17 Å². The minimum atomic E-state index is -0.910. The Morgan fingerprint density at radius 2 is 1.36 bits per heavy atom. The van der Waals surface area contributed by atoms with E-state index in [1.165, 1.54) is 83.5 Å². The molecule has 0 radical (unpaired) electrons. The number of nitrogens with one attached hydrogen (secondary N) is 4. The number of benzene rings is 2. The van der Waals surface area contributed by atoms with E-state index in [9.17, 15) is 14.4 Å². The predicted octanol–water partition coefficient (Wildman–Crippen LogP) is 8.07. The van der Waals surface area contributed by atoms with Crippen molar-refractivity contribution in [2.75, 3.05) is 32.1 Å². The first-order chi connectivity index (χ1) is 24.5. The van der Waals surface area contributed by atoms with E-state index in [4.69, 9.17) is 9.47 Å². The van der Waals surface area contributed by atoms with Crippen LogP contribution < -0.4 is 30.7 Å². The lowest BCUT2D eigenvalue weighted by molar-refractivity contribution is -0.128. The predicted molar refractivity (Wildman–Crippen MR) is 202 cm³/mol. The molecule has 1 fully saturated rings. The molecule has 3 amide bonds. The van der Waals surface area contributed by atoms with Crippen LogP contribution >= 0.6 is 0 Å². The van der Waals surface area contributed by atoms with Gasteiger partial charge in [0.25, 0.3) is 5.91 Å². The van der Waals surface area contributed by atoms with E-state index < -0.39 is 6.17 Å². The van der Waals surface area contributed by atoms with Gasteiger partial charge in [0, 0.05) is 31.6 Å². The lowest BCUT2D eigenvalue weighted by Crippen LogP contribution is -2.51. The molecule has 0 heterocycles. The number of carbonyl (C=O) groups excluding carboxylic acids is 3. The van der Waals surface area contributed by atoms with Gasteiger partial charge in [0.05, 0.1) is 13.7 Å². The molecule has 9 heteroatoms. The molecule has 1 saturated carbocycles. The highest BCUT2D eigenvalue weighted by atomic mass is 16.5. The molecule has 0 spiro atoms. The fraction of sp³-hybridized carbons (Fsp3) is 0.634. The summed E-state index contributed by atoms with van der Waals surface area (Å²) in [6, 6.07) is 15.1. The zero-order valence-electron chi connectivity index (χ0n) is 30.9. The Labute approximate surface area is 301 Å². The summed E-state index contributed by atoms with van der Waals surface area (Å²) in [4.78, 5) is 38.3. The highest BCUT2D eigenvalue weighted by molar-refractivity contribution is 5.89. The number of rotatable bonds is 27. The smallest absolute Gasteiger partial charge is 0.263 e. The van der Waals surface area contributed by atoms with Crippen LogP contribution in [-0.4, -0.2) is 50.7 Å². The van der Waals surface area contributed by atoms with Gasteiger partial charge >= 0.3 is 0 Å². The van der Waals surface area contributed by atoms with E-state index in [0.717, 1.165) is 30.7 Å². The van der Waals surface area contributed by atoms with Crippen molar-refractivity contribution in [3.63, 3.8) is 0 Å². The molecule has 50 heavy (non-hydrogen) atoms. The first-order valence-electron chi connectivity index (χ1n) is 19.4. The largest absolute Gasteiger partial charge is 0.497 e. The van der Waals surface area contributed by atoms with Crippen LogP contribution in [0.3, 0.4) is 0 Å². The van der Waals surface area contributed by atoms with Crippen molar-refractivity contribution < 1.29 is 23.9 Å². The Balaban J connectivity index is 1.35. The van der Waals surface area contributed by atoms with Gasteiger partial charge < -0.3 is 30.7 Å². The molecule has 1 aliphatic carbocycles. The third-order valence-corrected chi connectivity index (χ3v) is 9.53. The number of anilines is 1. The van der Waals surface area contributed by atoms with Crippen molar-refractivity contribution >= 4 is 23.4 Å². The Bertz CT molecular complexity index is 1210. The lowest BCUT2D eigenvalue weighted by atomic mass is 10.0. The quantitative estimate of drug-likeness (QED) is 0.0556. The van der Waals surface area contributed by atoms with Crippen LogP contribution in [0.5, 0.6) is 11.5 Å². The van der Waals surface area contributed by atoms with Crippen LogP contribution in [0.25, 0.3) is 0 Å². The standard InChI is InChI=1S/C41H64N4O5/c1-3-4-5-6-7-8-9-10-11-14-30-42-38(46)18-15-32-50-37-26-22-35(23-27-37)44-40(45-39(47)28-21-33-16-12-13-17-33)41(48)43-31-29-34-19-24-36(49-2)25-20-34/h19-20,22-27,33,40,44H,3-18,21,28-32H2,1-2H3,(H,42,46)(H,43,48)(H,45,47). The molecule has 0 aliphatic heterocycles. The van der Waals surface area contributed by atoms with E-state index in [1.54, 1.807) is 7.11 Å². The van der Waals surface area contributed by atoms with Gasteiger partial charge in [-0.05, 0) is 73.6 Å². The zero-order chi connectivity index (χ0) is 35.7. The summed E-state index contributed by atoms with van der Waals surface area (Å²) in [6.07, 6.45) is 19.8. The molecule has 4 N–H and O–H groups in total. The molecular weight excluding hydrogens is 628 g/mol. The second-order valence-electron chi connectivity index (χ2n) is 13.7. The molecule has 2 aromatic rings. The van der Waals surface area contributed by atoms with Gasteiger partial charge in [-0.15, -0.1) is 0 Å². The molecule has 1 atom stereocenters. The Morgan fingerprint density at radius 3 is 2.02 bits per heavy atom. The molecule has 3 rings (SSSR count). The summed E-state index contributed by atoms with van der Waals surface area (Å²) >= 11 is 0. The lowest BCUT2D eigenvalue weighted by Gasteiger charge is -2.21. The van der Waals surface area contributed by atoms with Gasteiger partial charge in [-0.3, -0.25) is 14.4 Å². The Kier molecular flexibility index (Phi) is 20.5. The highest BCUT2D eigenvalue weighted by Crippen LogP contribution is 2.28. The van der Waals surface area contributed by atoms with Crippen LogP contribution in [-0.2, 0) is 20.8 Å². The van der Waals surface area contributed by atoms with E-state index in [2.05, 4.69) is 28.2 Å². The maximum absolute atomic E-state index is 13.2. The molecule has 0 bridgehead atoms. The minimum Gasteiger partial charge on any atom is -0.497 e. The number of amides is 3. The number of hydrogen-bond acceptors (Lipinski definition) is 6. The highest BCUT2D eigenvalue weighted by Gasteiger charge is 2.22. The average Bonchev–Trinajstić information content (AvgIpc) is 3.66. The number of unbranched alkanes of at least 4 members (excludes halogenated alkanes) is 9. The van der Waals surface area contributed by atoms with Gasteiger partial charge in [-0.2, -0.15) is 0 Å². The second-order valence-corrected chi connectivity index (χ2v) is 13.7. The topological polar surface area (TPSA) is 118 Å². The monoisotopic (exact) mass is 692 g/mol. The van der Waals surface area contributed by atoms with Gasteiger partial charge in [0.1, 0.15) is 11.5 Å². The fourth-order valence-corrected chi connectivity index (χ4v) is 6.42. The Morgan fingerprint density at radius 1 is 0.720 bits per heavy atom. The third-order valence-electron chi connectivity index (χ3n) is 9.53. The van der Waals surface area contributed by atoms with Crippen molar-refractivity contribution in [1.29, 1.82) is 0 Å². The molecule has 1 unspecified atom stereocenters. The maximum atomic E-state index is 13.2. The minimum absolute atomic E-state index is 0.0719. The molecule has 9 nitrogen and oxygen atoms in total. The van der Waals surface area contributed by atoms with Crippen molar-refractivity contribution in [3.8, 4) is 11.5 Å². The molecule has 0 saturated heterocycles. The van der Waals surface area contributed by atoms with Crippen molar-refractivity contribution in [2.24, 2.45) is 5.92 Å². The Hall–Kier alpha value is -3.75. The van der Waals surface area contributed by atoms with Crippen molar-refractivity contribution in [2.45, 2.75) is 135 Å². The number of methoxy groups -OCH3 is 1. The van der Waals surface area contributed by atoms with Gasteiger partial charge in [-0.25, -0.2) is 0 Å². The second kappa shape index (κ2) is 25.2. The summed E-state index contributed by atoms with van der Waals surface area (Å²) in [5.74, 6) is 1.72. The summed E-state index contributed by atoms with van der Waals surface area (Å²) in [5.41, 5.74) is 1.77. The first kappa shape index (κ1) is 40.7. The van der Waals surface area contributed by atoms with Crippen LogP contribution in [0.15, 0.2) is 48.5 Å². The van der Waals surface area contributed by atoms with Gasteiger partial charge in [0.2, 0.25) is 11.8 Å². The summed E-state index contributed by atoms with van der Waals surface area (Å²) < 4.78 is 11.1. The van der Waals surface area contributed by atoms with Crippen LogP contribution in [0.1, 0.15) is 128 Å². The molecule has 2 aromatic carbocycles. The molecule has 1 aliphatic rings. The normalized spacial score (nSPS) is 13.4. The molecular formula is C41H64N4O5. The van der Waals surface area contributed by atoms with Crippen molar-refractivity contribution in [1.82, 2.24) is 16.0 Å². The van der Waals surface area contributed by atoms with E-state index in [1.807, 2.05) is 48.5 Å². The summed E-state index contributed by atoms with van der Waals surface area (Å²) in [7, 11) is 1.63.